The predicted molar refractivity (Wildman–Crippen MR) is 280 cm³/mol. The molecule has 416 valence electrons. The van der Waals surface area contributed by atoms with Gasteiger partial charge in [0.2, 0.25) is 12.1 Å². The van der Waals surface area contributed by atoms with E-state index >= 15 is 0 Å². The zero-order valence-corrected chi connectivity index (χ0v) is 50.7. The molecule has 0 aliphatic carbocycles. The van der Waals surface area contributed by atoms with Gasteiger partial charge in [-0.1, -0.05) is 95.0 Å². The van der Waals surface area contributed by atoms with Crippen molar-refractivity contribution in [2.45, 2.75) is 100 Å². The Morgan fingerprint density at radius 1 is 0.800 bits per heavy atom. The number of benzene rings is 5. The van der Waals surface area contributed by atoms with Crippen LogP contribution in [0.2, 0.25) is 0 Å². The molecule has 2 unspecified atom stereocenters. The number of hydrogen-bond acceptors (Lipinski definition) is 20. The van der Waals surface area contributed by atoms with Crippen molar-refractivity contribution in [3.63, 3.8) is 0 Å². The summed E-state index contributed by atoms with van der Waals surface area (Å²) >= 11 is 0.287. The number of carbonyl (C=O) groups excluding carboxylic acids is 6. The maximum atomic E-state index is 14.3. The number of unbranched alkanes of at least 4 members (excludes halogenated alkanes) is 9. The average molecular weight is 1160 g/mol. The Morgan fingerprint density at radius 2 is 1.46 bits per heavy atom. The van der Waals surface area contributed by atoms with E-state index in [0.29, 0.717) is 11.3 Å². The fourth-order valence-corrected chi connectivity index (χ4v) is 9.32. The second-order valence-electron chi connectivity index (χ2n) is 17.7. The van der Waals surface area contributed by atoms with E-state index in [4.69, 9.17) is 18.9 Å². The summed E-state index contributed by atoms with van der Waals surface area (Å²) in [6, 6.07) is 17.7. The number of Topliss-reactive ketones (excluding diaryl/α,β-unsaturated/α-hetero) is 1. The molecule has 3 N–H and O–H groups in total. The van der Waals surface area contributed by atoms with E-state index in [-0.39, 0.29) is 152 Å². The first-order valence-corrected chi connectivity index (χ1v) is 26.9. The SMILES string of the molecule is CCCCCCCCCCCCOC(=O)c1ccc(OC)c(NC(=O)C(C(=O)c2ccccc2)N2C(=O)C(OCCOc3ccc(N=Nc4c(SOO[O-])cc5cc(S(=O)(=O)[O-])cc(NC(C)=O)c5c4O)cc3)N(C)C2=O)c1.[Na+].[Na+]. The zero-order valence-electron chi connectivity index (χ0n) is 45.1. The van der Waals surface area contributed by atoms with Gasteiger partial charge in [-0.15, -0.1) is 5.11 Å². The number of ketones is 1. The molecule has 0 bridgehead atoms. The molecule has 0 aromatic heterocycles. The first-order valence-electron chi connectivity index (χ1n) is 24.8. The van der Waals surface area contributed by atoms with Crippen LogP contribution in [0.4, 0.5) is 27.5 Å². The molecule has 1 fully saturated rings. The van der Waals surface area contributed by atoms with Crippen LogP contribution in [-0.4, -0.2) is 110 Å². The van der Waals surface area contributed by atoms with Crippen LogP contribution in [0.25, 0.3) is 10.8 Å². The summed E-state index contributed by atoms with van der Waals surface area (Å²) in [5.41, 5.74) is -0.251. The number of aromatic hydroxyl groups is 1. The first kappa shape index (κ1) is 67.0. The summed E-state index contributed by atoms with van der Waals surface area (Å²) in [4.78, 5) is 82.1. The number of phenols is 1. The molecule has 80 heavy (non-hydrogen) atoms. The third kappa shape index (κ3) is 18.2. The number of phenolic OH excluding ortho intramolecular Hbond substituents is 1. The minimum Gasteiger partial charge on any atom is -0.744 e. The normalized spacial score (nSPS) is 13.7. The van der Waals surface area contributed by atoms with Crippen molar-refractivity contribution in [2.24, 2.45) is 10.2 Å². The smallest absolute Gasteiger partial charge is 0.744 e. The van der Waals surface area contributed by atoms with Gasteiger partial charge < -0.3 is 44.5 Å². The number of rotatable bonds is 30. The number of anilines is 2. The number of likely N-dealkylation sites (N-methyl/N-ethyl adjacent to an activating group) is 1. The van der Waals surface area contributed by atoms with Crippen molar-refractivity contribution >= 4 is 91.2 Å². The van der Waals surface area contributed by atoms with Crippen molar-refractivity contribution in [3.8, 4) is 17.2 Å². The molecule has 0 spiro atoms. The minimum absolute atomic E-state index is 0. The van der Waals surface area contributed by atoms with Crippen LogP contribution in [-0.2, 0) is 43.3 Å². The van der Waals surface area contributed by atoms with Crippen LogP contribution in [0, 0.1) is 0 Å². The third-order valence-corrected chi connectivity index (χ3v) is 13.6. The molecular formula is C53H58N6Na2O17S2. The number of methoxy groups -OCH3 is 1. The monoisotopic (exact) mass is 1160 g/mol. The minimum atomic E-state index is -5.03. The summed E-state index contributed by atoms with van der Waals surface area (Å²) in [5, 5.41) is 38.5. The van der Waals surface area contributed by atoms with E-state index in [2.05, 4.69) is 37.2 Å². The largest absolute Gasteiger partial charge is 1.00 e. The van der Waals surface area contributed by atoms with E-state index < -0.39 is 68.5 Å². The fourth-order valence-electron chi connectivity index (χ4n) is 8.29. The molecule has 1 saturated heterocycles. The number of carbonyl (C=O) groups is 6. The van der Waals surface area contributed by atoms with E-state index in [1.54, 1.807) is 18.2 Å². The van der Waals surface area contributed by atoms with Gasteiger partial charge in [0.25, 0.3) is 11.8 Å². The summed E-state index contributed by atoms with van der Waals surface area (Å²) in [7, 11) is -2.43. The van der Waals surface area contributed by atoms with Gasteiger partial charge >= 0.3 is 71.1 Å². The van der Waals surface area contributed by atoms with E-state index in [9.17, 15) is 52.1 Å². The van der Waals surface area contributed by atoms with Crippen LogP contribution >= 0.6 is 12.0 Å². The van der Waals surface area contributed by atoms with Gasteiger partial charge in [0.1, 0.15) is 33.9 Å². The van der Waals surface area contributed by atoms with Crippen LogP contribution in [0.3, 0.4) is 0 Å². The Hall–Kier alpha value is -5.52. The Balaban J connectivity index is 0.00000689. The Bertz CT molecular complexity index is 3100. The number of hydrogen-bond donors (Lipinski definition) is 3. The number of ether oxygens (including phenoxy) is 4. The van der Waals surface area contributed by atoms with E-state index in [0.717, 1.165) is 43.2 Å². The summed E-state index contributed by atoms with van der Waals surface area (Å²) in [6.45, 7) is 3.07. The first-order chi connectivity index (χ1) is 37.5. The summed E-state index contributed by atoms with van der Waals surface area (Å²) in [5.74, 6) is -4.53. The zero-order chi connectivity index (χ0) is 56.4. The van der Waals surface area contributed by atoms with E-state index in [1.165, 1.54) is 113 Å². The number of imide groups is 1. The number of fused-ring (bicyclic) bond motifs is 1. The maximum Gasteiger partial charge on any atom is 1.00 e. The number of nitrogens with one attached hydrogen (secondary N) is 2. The number of esters is 1. The maximum absolute atomic E-state index is 14.3. The fraction of sp³-hybridized carbons (Fsp3) is 0.358. The van der Waals surface area contributed by atoms with Crippen molar-refractivity contribution in [1.29, 1.82) is 0 Å². The van der Waals surface area contributed by atoms with Crippen molar-refractivity contribution in [3.05, 3.63) is 102 Å². The topological polar surface area (TPSA) is 314 Å². The molecule has 2 atom stereocenters. The number of urea groups is 1. The van der Waals surface area contributed by atoms with Gasteiger partial charge in [-0.25, -0.2) is 22.9 Å². The number of azo groups is 1. The quantitative estimate of drug-likeness (QED) is 0.00509. The Morgan fingerprint density at radius 3 is 2.09 bits per heavy atom. The standard InChI is InChI=1S/C53H60N6O17S2.2Na/c1-5-6-7-8-9-10-11-12-13-17-26-74-52(65)35-20-25-42(71-4)40(30-35)55-49(63)46(47(61)34-18-15-14-16-19-34)59-50(64)51(58(3)53(59)66)73-28-27-72-38-23-21-37(22-24-38)56-57-45-43(77-76-75-67)31-36-29-39(78(68,69)70)32-41(54-33(2)60)44(36)48(45)62;;/h14-16,18-25,29-32,46,51,62,67H,5-13,17,26-28H2,1-4H3,(H,54,60)(H,55,63)(H,68,69,70);;/q;2*+1/p-2. The van der Waals surface area contributed by atoms with Gasteiger partial charge in [0.05, 0.1) is 64.8 Å². The van der Waals surface area contributed by atoms with Crippen molar-refractivity contribution in [2.75, 3.05) is 44.6 Å². The second-order valence-corrected chi connectivity index (χ2v) is 19.8. The molecule has 1 aliphatic rings. The second kappa shape index (κ2) is 32.8. The van der Waals surface area contributed by atoms with Crippen LogP contribution in [0.1, 0.15) is 98.8 Å². The summed E-state index contributed by atoms with van der Waals surface area (Å²) in [6.07, 6.45) is 9.56. The molecule has 5 amide bonds. The van der Waals surface area contributed by atoms with Crippen LogP contribution in [0.5, 0.6) is 17.2 Å². The molecule has 5 aromatic rings. The molecule has 5 aromatic carbocycles. The van der Waals surface area contributed by atoms with Crippen molar-refractivity contribution in [1.82, 2.24) is 9.80 Å². The van der Waals surface area contributed by atoms with E-state index in [1.807, 2.05) is 0 Å². The van der Waals surface area contributed by atoms with Crippen LogP contribution in [0.15, 0.2) is 111 Å². The molecule has 0 radical (unpaired) electrons. The van der Waals surface area contributed by atoms with Gasteiger partial charge in [-0.3, -0.25) is 29.1 Å². The Labute approximate surface area is 510 Å². The van der Waals surface area contributed by atoms with Gasteiger partial charge in [0.15, 0.2) is 17.6 Å². The molecule has 23 nitrogen and oxygen atoms in total. The number of nitrogens with zero attached hydrogens (tertiary/aromatic N) is 4. The molecule has 0 saturated carbocycles. The third-order valence-electron chi connectivity index (χ3n) is 12.1. The number of amides is 5. The van der Waals surface area contributed by atoms with Gasteiger partial charge in [-0.05, 0) is 72.5 Å². The van der Waals surface area contributed by atoms with Crippen molar-refractivity contribution < 1.29 is 140 Å². The Kier molecular flexibility index (Phi) is 27.5. The van der Waals surface area contributed by atoms with Gasteiger partial charge in [0, 0.05) is 24.9 Å². The predicted octanol–water partition coefficient (Wildman–Crippen LogP) is 2.65. The van der Waals surface area contributed by atoms with Gasteiger partial charge in [-0.2, -0.15) is 9.45 Å². The molecular weight excluding hydrogens is 1100 g/mol. The molecule has 27 heteroatoms. The molecule has 1 heterocycles. The average Bonchev–Trinajstić information content (AvgIpc) is 3.73. The molecule has 1 aliphatic heterocycles. The summed E-state index contributed by atoms with van der Waals surface area (Å²) < 4.78 is 62.6. The van der Waals surface area contributed by atoms with Crippen LogP contribution < -0.4 is 84.5 Å². The molecule has 6 rings (SSSR count).